The standard InChI is InChI=1S/C19H21ClN4O3/c20-14-1-5-16(6-2-14)23-9-11-24(12-10-23)19(27)21-13-18(26)22-15-3-7-17(25)8-4-15/h1-8,25H,9-13H2,(H,21,27)(H,22,26). The molecule has 1 aliphatic heterocycles. The molecule has 0 radical (unpaired) electrons. The molecule has 2 aromatic rings. The number of nitrogens with one attached hydrogen (secondary N) is 2. The molecule has 1 aliphatic rings. The predicted molar refractivity (Wildman–Crippen MR) is 105 cm³/mol. The maximum absolute atomic E-state index is 12.3. The lowest BCUT2D eigenvalue weighted by Gasteiger charge is -2.36. The van der Waals surface area contributed by atoms with Crippen LogP contribution in [-0.4, -0.2) is 54.7 Å². The van der Waals surface area contributed by atoms with Crippen molar-refractivity contribution in [3.8, 4) is 5.75 Å². The summed E-state index contributed by atoms with van der Waals surface area (Å²) in [5.41, 5.74) is 1.64. The van der Waals surface area contributed by atoms with E-state index in [1.165, 1.54) is 12.1 Å². The minimum absolute atomic E-state index is 0.114. The van der Waals surface area contributed by atoms with Crippen molar-refractivity contribution in [3.05, 3.63) is 53.6 Å². The summed E-state index contributed by atoms with van der Waals surface area (Å²) in [6.45, 7) is 2.47. The molecule has 0 unspecified atom stereocenters. The van der Waals surface area contributed by atoms with Crippen LogP contribution in [0.1, 0.15) is 0 Å². The first-order chi connectivity index (χ1) is 13.0. The van der Waals surface area contributed by atoms with Gasteiger partial charge >= 0.3 is 6.03 Å². The number of halogens is 1. The van der Waals surface area contributed by atoms with Gasteiger partial charge in [-0.3, -0.25) is 4.79 Å². The number of carbonyl (C=O) groups is 2. The summed E-state index contributed by atoms with van der Waals surface area (Å²) in [7, 11) is 0. The molecule has 0 aliphatic carbocycles. The number of rotatable bonds is 4. The largest absolute Gasteiger partial charge is 0.508 e. The fourth-order valence-electron chi connectivity index (χ4n) is 2.84. The van der Waals surface area contributed by atoms with E-state index in [0.717, 1.165) is 18.8 Å². The van der Waals surface area contributed by atoms with Crippen LogP contribution in [0.3, 0.4) is 0 Å². The quantitative estimate of drug-likeness (QED) is 0.702. The first-order valence-electron chi connectivity index (χ1n) is 8.63. The lowest BCUT2D eigenvalue weighted by Crippen LogP contribution is -2.52. The number of aromatic hydroxyl groups is 1. The molecular weight excluding hydrogens is 368 g/mol. The van der Waals surface area contributed by atoms with Crippen molar-refractivity contribution >= 4 is 34.9 Å². The second kappa shape index (κ2) is 8.64. The summed E-state index contributed by atoms with van der Waals surface area (Å²) in [6, 6.07) is 13.5. The number of phenolic OH excluding ortho intramolecular Hbond substituents is 1. The molecule has 3 amide bonds. The number of hydrogen-bond acceptors (Lipinski definition) is 4. The molecule has 1 fully saturated rings. The fourth-order valence-corrected chi connectivity index (χ4v) is 2.96. The Bertz CT molecular complexity index is 788. The summed E-state index contributed by atoms with van der Waals surface area (Å²) < 4.78 is 0. The minimum atomic E-state index is -0.325. The zero-order chi connectivity index (χ0) is 19.2. The number of anilines is 2. The third-order valence-electron chi connectivity index (χ3n) is 4.31. The molecule has 2 aromatic carbocycles. The average molecular weight is 389 g/mol. The number of hydrogen-bond donors (Lipinski definition) is 3. The molecule has 0 atom stereocenters. The lowest BCUT2D eigenvalue weighted by molar-refractivity contribution is -0.115. The van der Waals surface area contributed by atoms with E-state index in [0.29, 0.717) is 23.8 Å². The van der Waals surface area contributed by atoms with Gasteiger partial charge in [0.1, 0.15) is 5.75 Å². The van der Waals surface area contributed by atoms with E-state index in [-0.39, 0.29) is 24.2 Å². The second-order valence-corrected chi connectivity index (χ2v) is 6.64. The monoisotopic (exact) mass is 388 g/mol. The van der Waals surface area contributed by atoms with E-state index in [1.807, 2.05) is 24.3 Å². The summed E-state index contributed by atoms with van der Waals surface area (Å²) in [5, 5.41) is 15.2. The summed E-state index contributed by atoms with van der Waals surface area (Å²) in [4.78, 5) is 28.1. The van der Waals surface area contributed by atoms with Crippen molar-refractivity contribution in [1.82, 2.24) is 10.2 Å². The van der Waals surface area contributed by atoms with E-state index >= 15 is 0 Å². The first-order valence-corrected chi connectivity index (χ1v) is 9.01. The van der Waals surface area contributed by atoms with Gasteiger partial charge in [0, 0.05) is 42.6 Å². The molecule has 0 bridgehead atoms. The highest BCUT2D eigenvalue weighted by molar-refractivity contribution is 6.30. The number of piperazine rings is 1. The molecule has 3 rings (SSSR count). The number of carbonyl (C=O) groups excluding carboxylic acids is 2. The Balaban J connectivity index is 1.42. The first kappa shape index (κ1) is 18.8. The molecule has 3 N–H and O–H groups in total. The zero-order valence-electron chi connectivity index (χ0n) is 14.7. The number of amides is 3. The van der Waals surface area contributed by atoms with Crippen LogP contribution in [0.2, 0.25) is 5.02 Å². The van der Waals surface area contributed by atoms with Crippen LogP contribution in [0.4, 0.5) is 16.2 Å². The van der Waals surface area contributed by atoms with Gasteiger partial charge in [-0.15, -0.1) is 0 Å². The van der Waals surface area contributed by atoms with Crippen molar-refractivity contribution in [3.63, 3.8) is 0 Å². The molecule has 0 spiro atoms. The molecule has 1 heterocycles. The maximum atomic E-state index is 12.3. The van der Waals surface area contributed by atoms with Crippen molar-refractivity contribution in [2.24, 2.45) is 0 Å². The molecular formula is C19H21ClN4O3. The lowest BCUT2D eigenvalue weighted by atomic mass is 10.2. The number of benzene rings is 2. The maximum Gasteiger partial charge on any atom is 0.317 e. The molecule has 142 valence electrons. The Labute approximate surface area is 162 Å². The Kier molecular flexibility index (Phi) is 6.03. The van der Waals surface area contributed by atoms with Gasteiger partial charge in [-0.25, -0.2) is 4.79 Å². The van der Waals surface area contributed by atoms with Crippen molar-refractivity contribution < 1.29 is 14.7 Å². The fraction of sp³-hybridized carbons (Fsp3) is 0.263. The van der Waals surface area contributed by atoms with E-state index in [2.05, 4.69) is 15.5 Å². The van der Waals surface area contributed by atoms with Gasteiger partial charge in [0.15, 0.2) is 0 Å². The smallest absolute Gasteiger partial charge is 0.317 e. The highest BCUT2D eigenvalue weighted by atomic mass is 35.5. The molecule has 27 heavy (non-hydrogen) atoms. The normalized spacial score (nSPS) is 14.0. The zero-order valence-corrected chi connectivity index (χ0v) is 15.4. The number of urea groups is 1. The van der Waals surface area contributed by atoms with Crippen molar-refractivity contribution in [2.45, 2.75) is 0 Å². The van der Waals surface area contributed by atoms with Crippen LogP contribution in [0.5, 0.6) is 5.75 Å². The van der Waals surface area contributed by atoms with Gasteiger partial charge in [0.25, 0.3) is 0 Å². The molecule has 0 saturated carbocycles. The van der Waals surface area contributed by atoms with E-state index < -0.39 is 0 Å². The van der Waals surface area contributed by atoms with Gasteiger partial charge in [0.2, 0.25) is 5.91 Å². The third-order valence-corrected chi connectivity index (χ3v) is 4.56. The van der Waals surface area contributed by atoms with Crippen molar-refractivity contribution in [2.75, 3.05) is 42.9 Å². The third kappa shape index (κ3) is 5.27. The van der Waals surface area contributed by atoms with Gasteiger partial charge in [0.05, 0.1) is 6.54 Å². The average Bonchev–Trinajstić information content (AvgIpc) is 2.69. The van der Waals surface area contributed by atoms with Gasteiger partial charge < -0.3 is 25.5 Å². The van der Waals surface area contributed by atoms with Crippen molar-refractivity contribution in [1.29, 1.82) is 0 Å². The number of nitrogens with zero attached hydrogens (tertiary/aromatic N) is 2. The molecule has 0 aromatic heterocycles. The summed E-state index contributed by atoms with van der Waals surface area (Å²) in [6.07, 6.45) is 0. The Morgan fingerprint density at radius 2 is 1.59 bits per heavy atom. The van der Waals surface area contributed by atoms with Crippen LogP contribution in [-0.2, 0) is 4.79 Å². The van der Waals surface area contributed by atoms with Crippen LogP contribution < -0.4 is 15.5 Å². The van der Waals surface area contributed by atoms with Crippen LogP contribution in [0.15, 0.2) is 48.5 Å². The Morgan fingerprint density at radius 3 is 2.22 bits per heavy atom. The van der Waals surface area contributed by atoms with Crippen LogP contribution >= 0.6 is 11.6 Å². The van der Waals surface area contributed by atoms with Gasteiger partial charge in [-0.05, 0) is 48.5 Å². The van der Waals surface area contributed by atoms with E-state index in [1.54, 1.807) is 17.0 Å². The SMILES string of the molecule is O=C(CNC(=O)N1CCN(c2ccc(Cl)cc2)CC1)Nc1ccc(O)cc1. The minimum Gasteiger partial charge on any atom is -0.508 e. The van der Waals surface area contributed by atoms with Crippen LogP contribution in [0, 0.1) is 0 Å². The number of phenols is 1. The molecule has 7 nitrogen and oxygen atoms in total. The molecule has 1 saturated heterocycles. The Hall–Kier alpha value is -2.93. The van der Waals surface area contributed by atoms with Crippen LogP contribution in [0.25, 0.3) is 0 Å². The predicted octanol–water partition coefficient (Wildman–Crippen LogP) is 2.52. The van der Waals surface area contributed by atoms with Gasteiger partial charge in [-0.1, -0.05) is 11.6 Å². The second-order valence-electron chi connectivity index (χ2n) is 6.20. The van der Waals surface area contributed by atoms with Gasteiger partial charge in [-0.2, -0.15) is 0 Å². The Morgan fingerprint density at radius 1 is 0.963 bits per heavy atom. The summed E-state index contributed by atoms with van der Waals surface area (Å²) >= 11 is 5.91. The molecule has 8 heteroatoms. The topological polar surface area (TPSA) is 84.9 Å². The van der Waals surface area contributed by atoms with E-state index in [4.69, 9.17) is 11.6 Å². The highest BCUT2D eigenvalue weighted by Gasteiger charge is 2.21. The van der Waals surface area contributed by atoms with E-state index in [9.17, 15) is 14.7 Å². The highest BCUT2D eigenvalue weighted by Crippen LogP contribution is 2.19. The summed E-state index contributed by atoms with van der Waals surface area (Å²) in [5.74, 6) is -0.201.